The van der Waals surface area contributed by atoms with Crippen LogP contribution in [0.2, 0.25) is 0 Å². The van der Waals surface area contributed by atoms with Gasteiger partial charge in [0.1, 0.15) is 0 Å². The molecule has 1 unspecified atom stereocenters. The first-order valence-corrected chi connectivity index (χ1v) is 13.4. The second-order valence-electron chi connectivity index (χ2n) is 9.47. The summed E-state index contributed by atoms with van der Waals surface area (Å²) in [4.78, 5) is 2.27. The first kappa shape index (κ1) is 29.1. The summed E-state index contributed by atoms with van der Waals surface area (Å²) in [6.07, 6.45) is 6.49. The van der Waals surface area contributed by atoms with E-state index < -0.39 is 0 Å². The van der Waals surface area contributed by atoms with Gasteiger partial charge in [0.15, 0.2) is 23.1 Å². The Morgan fingerprint density at radius 2 is 1.73 bits per heavy atom. The fourth-order valence-electron chi connectivity index (χ4n) is 5.16. The van der Waals surface area contributed by atoms with Crippen molar-refractivity contribution < 1.29 is 23.1 Å². The minimum atomic E-state index is -0.372. The number of ether oxygens (including phenoxy) is 3. The summed E-state index contributed by atoms with van der Waals surface area (Å²) < 4.78 is 39.6. The third-order valence-electron chi connectivity index (χ3n) is 6.95. The number of piperidine rings is 1. The SMILES string of the molecule is CCCc1c(F)c(Oc2ccc(C(C)OCC)cc2OC)c2onc(N3CCCCC3)c2c1CCC.Cl. The molecule has 204 valence electrons. The van der Waals surface area contributed by atoms with Gasteiger partial charge in [-0.3, -0.25) is 0 Å². The van der Waals surface area contributed by atoms with Crippen LogP contribution < -0.4 is 14.4 Å². The van der Waals surface area contributed by atoms with E-state index in [4.69, 9.17) is 18.7 Å². The van der Waals surface area contributed by atoms with Crippen LogP contribution in [0.5, 0.6) is 17.2 Å². The summed E-state index contributed by atoms with van der Waals surface area (Å²) in [6.45, 7) is 10.6. The van der Waals surface area contributed by atoms with E-state index in [9.17, 15) is 0 Å². The number of aromatic nitrogens is 1. The number of benzene rings is 2. The second kappa shape index (κ2) is 13.3. The summed E-state index contributed by atoms with van der Waals surface area (Å²) in [7, 11) is 1.58. The van der Waals surface area contributed by atoms with Crippen molar-refractivity contribution in [3.05, 3.63) is 40.7 Å². The highest BCUT2D eigenvalue weighted by molar-refractivity contribution is 5.97. The van der Waals surface area contributed by atoms with Crippen molar-refractivity contribution >= 4 is 29.2 Å². The fraction of sp³-hybridized carbons (Fsp3) is 0.552. The molecule has 2 heterocycles. The van der Waals surface area contributed by atoms with Crippen molar-refractivity contribution in [2.75, 3.05) is 31.7 Å². The first-order valence-electron chi connectivity index (χ1n) is 13.4. The molecule has 1 saturated heterocycles. The quantitative estimate of drug-likeness (QED) is 0.247. The van der Waals surface area contributed by atoms with Crippen molar-refractivity contribution in [3.63, 3.8) is 0 Å². The molecule has 1 fully saturated rings. The smallest absolute Gasteiger partial charge is 0.214 e. The molecule has 8 heteroatoms. The van der Waals surface area contributed by atoms with Gasteiger partial charge in [0.2, 0.25) is 11.3 Å². The van der Waals surface area contributed by atoms with E-state index >= 15 is 4.39 Å². The zero-order valence-electron chi connectivity index (χ0n) is 22.7. The number of hydrogen-bond acceptors (Lipinski definition) is 6. The summed E-state index contributed by atoms with van der Waals surface area (Å²) in [5, 5.41) is 5.35. The zero-order valence-corrected chi connectivity index (χ0v) is 23.5. The lowest BCUT2D eigenvalue weighted by Crippen LogP contribution is -2.29. The maximum Gasteiger partial charge on any atom is 0.214 e. The van der Waals surface area contributed by atoms with Crippen LogP contribution in [0.4, 0.5) is 10.2 Å². The van der Waals surface area contributed by atoms with Gasteiger partial charge < -0.3 is 23.6 Å². The first-order chi connectivity index (χ1) is 17.5. The Balaban J connectivity index is 0.00000380. The topological polar surface area (TPSA) is 57.0 Å². The van der Waals surface area contributed by atoms with Crippen molar-refractivity contribution in [2.24, 2.45) is 0 Å². The van der Waals surface area contributed by atoms with Crippen LogP contribution in [0, 0.1) is 5.82 Å². The number of nitrogens with zero attached hydrogens (tertiary/aromatic N) is 2. The molecule has 1 atom stereocenters. The van der Waals surface area contributed by atoms with Gasteiger partial charge in [-0.1, -0.05) is 37.9 Å². The highest BCUT2D eigenvalue weighted by Crippen LogP contribution is 2.45. The molecule has 1 aromatic heterocycles. The molecule has 1 aliphatic heterocycles. The Bertz CT molecular complexity index is 1180. The summed E-state index contributed by atoms with van der Waals surface area (Å²) >= 11 is 0. The molecule has 0 saturated carbocycles. The Kier molecular flexibility index (Phi) is 10.5. The fourth-order valence-corrected chi connectivity index (χ4v) is 5.16. The lowest BCUT2D eigenvalue weighted by molar-refractivity contribution is 0.0762. The molecule has 0 amide bonds. The van der Waals surface area contributed by atoms with Gasteiger partial charge in [-0.05, 0) is 74.8 Å². The summed E-state index contributed by atoms with van der Waals surface area (Å²) in [5.41, 5.74) is 3.02. The van der Waals surface area contributed by atoms with Crippen LogP contribution in [0.1, 0.15) is 82.6 Å². The van der Waals surface area contributed by atoms with Gasteiger partial charge in [-0.2, -0.15) is 0 Å². The molecule has 0 bridgehead atoms. The largest absolute Gasteiger partial charge is 0.493 e. The third-order valence-corrected chi connectivity index (χ3v) is 6.95. The van der Waals surface area contributed by atoms with Crippen LogP contribution in [0.15, 0.2) is 22.7 Å². The Morgan fingerprint density at radius 1 is 1.03 bits per heavy atom. The van der Waals surface area contributed by atoms with Crippen molar-refractivity contribution in [1.29, 1.82) is 0 Å². The van der Waals surface area contributed by atoms with E-state index in [1.807, 2.05) is 26.0 Å². The molecule has 0 radical (unpaired) electrons. The van der Waals surface area contributed by atoms with Crippen molar-refractivity contribution in [3.8, 4) is 17.2 Å². The summed E-state index contributed by atoms with van der Waals surface area (Å²) in [6, 6.07) is 5.60. The van der Waals surface area contributed by atoms with Crippen molar-refractivity contribution in [1.82, 2.24) is 5.16 Å². The molecular formula is C29H40ClFN2O4. The molecule has 3 aromatic rings. The number of hydrogen-bond donors (Lipinski definition) is 0. The van der Waals surface area contributed by atoms with Crippen LogP contribution >= 0.6 is 12.4 Å². The van der Waals surface area contributed by atoms with E-state index in [0.29, 0.717) is 35.7 Å². The van der Waals surface area contributed by atoms with Crippen LogP contribution in [-0.2, 0) is 17.6 Å². The van der Waals surface area contributed by atoms with Crippen LogP contribution in [0.25, 0.3) is 11.0 Å². The van der Waals surface area contributed by atoms with Gasteiger partial charge in [-0.25, -0.2) is 4.39 Å². The maximum absolute atomic E-state index is 16.2. The normalized spacial score (nSPS) is 14.5. The highest BCUT2D eigenvalue weighted by Gasteiger charge is 2.29. The van der Waals surface area contributed by atoms with E-state index in [1.54, 1.807) is 13.2 Å². The Morgan fingerprint density at radius 3 is 2.38 bits per heavy atom. The Hall–Kier alpha value is -2.51. The van der Waals surface area contributed by atoms with Crippen LogP contribution in [0.3, 0.4) is 0 Å². The molecule has 0 spiro atoms. The number of rotatable bonds is 11. The third kappa shape index (κ3) is 5.99. The van der Waals surface area contributed by atoms with E-state index in [1.165, 1.54) is 6.42 Å². The lowest BCUT2D eigenvalue weighted by atomic mass is 9.94. The monoisotopic (exact) mass is 534 g/mol. The van der Waals surface area contributed by atoms with E-state index in [0.717, 1.165) is 67.5 Å². The summed E-state index contributed by atoms with van der Waals surface area (Å²) in [5.74, 6) is 1.45. The predicted molar refractivity (Wildman–Crippen MR) is 148 cm³/mol. The molecule has 4 rings (SSSR count). The van der Waals surface area contributed by atoms with Gasteiger partial charge in [0, 0.05) is 19.7 Å². The maximum atomic E-state index is 16.2. The predicted octanol–water partition coefficient (Wildman–Crippen LogP) is 8.18. The van der Waals surface area contributed by atoms with E-state index in [-0.39, 0.29) is 30.1 Å². The van der Waals surface area contributed by atoms with Gasteiger partial charge >= 0.3 is 0 Å². The average molecular weight is 535 g/mol. The molecule has 37 heavy (non-hydrogen) atoms. The van der Waals surface area contributed by atoms with Gasteiger partial charge in [-0.15, -0.1) is 12.4 Å². The van der Waals surface area contributed by atoms with E-state index in [2.05, 4.69) is 23.9 Å². The molecule has 1 aliphatic rings. The lowest BCUT2D eigenvalue weighted by Gasteiger charge is -2.27. The number of halogens is 2. The highest BCUT2D eigenvalue weighted by atomic mass is 35.5. The van der Waals surface area contributed by atoms with Gasteiger partial charge in [0.25, 0.3) is 0 Å². The molecule has 0 N–H and O–H groups in total. The number of anilines is 1. The minimum absolute atomic E-state index is 0. The molecule has 0 aliphatic carbocycles. The average Bonchev–Trinajstić information content (AvgIpc) is 3.34. The second-order valence-corrected chi connectivity index (χ2v) is 9.47. The number of aryl methyl sites for hydroxylation is 1. The number of fused-ring (bicyclic) bond motifs is 1. The molecular weight excluding hydrogens is 495 g/mol. The molecule has 6 nitrogen and oxygen atoms in total. The Labute approximate surface area is 225 Å². The zero-order chi connectivity index (χ0) is 25.7. The van der Waals surface area contributed by atoms with Crippen molar-refractivity contribution in [2.45, 2.75) is 78.7 Å². The minimum Gasteiger partial charge on any atom is -0.493 e. The van der Waals surface area contributed by atoms with Crippen LogP contribution in [-0.4, -0.2) is 32.0 Å². The standard InChI is InChI=1S/C29H39FN2O4.ClH/c1-6-12-21-22(13-7-2)26(30)28(27-25(21)29(31-36-27)32-16-10-9-11-17-32)35-23-15-14-20(18-24(23)33-5)19(4)34-8-3;/h14-15,18-19H,6-13,16-17H2,1-5H3;1H. The molecule has 2 aromatic carbocycles. The van der Waals surface area contributed by atoms with Gasteiger partial charge in [0.05, 0.1) is 18.6 Å². The number of methoxy groups -OCH3 is 1.